The Morgan fingerprint density at radius 1 is 1.25 bits per heavy atom. The van der Waals surface area contributed by atoms with Gasteiger partial charge < -0.3 is 9.64 Å². The highest BCUT2D eigenvalue weighted by Gasteiger charge is 2.29. The molecule has 10 heteroatoms. The molecule has 0 atom stereocenters. The number of aromatic nitrogens is 5. The molecule has 0 spiro atoms. The summed E-state index contributed by atoms with van der Waals surface area (Å²) in [6, 6.07) is 7.67. The number of nitrogens with zero attached hydrogens (tertiary/aromatic N) is 5. The van der Waals surface area contributed by atoms with E-state index in [4.69, 9.17) is 4.74 Å². The molecule has 0 unspecified atom stereocenters. The van der Waals surface area contributed by atoms with E-state index < -0.39 is 0 Å². The molecule has 0 saturated carbocycles. The Balaban J connectivity index is 1.42. The number of ether oxygens (including phenoxy) is 1. The van der Waals surface area contributed by atoms with E-state index in [2.05, 4.69) is 15.3 Å². The average molecular weight is 442 g/mol. The molecule has 0 radical (unpaired) electrons. The van der Waals surface area contributed by atoms with Crippen molar-refractivity contribution in [3.63, 3.8) is 0 Å². The molecule has 1 aromatic carbocycles. The van der Waals surface area contributed by atoms with Gasteiger partial charge in [-0.1, -0.05) is 0 Å². The summed E-state index contributed by atoms with van der Waals surface area (Å²) in [4.78, 5) is 27.3. The van der Waals surface area contributed by atoms with Crippen LogP contribution >= 0.6 is 0 Å². The number of halogens is 1. The second-order valence-corrected chi connectivity index (χ2v) is 7.84. The lowest BCUT2D eigenvalue weighted by Crippen LogP contribution is -2.38. The predicted molar refractivity (Wildman–Crippen MR) is 116 cm³/mol. The van der Waals surface area contributed by atoms with Gasteiger partial charge in [0.25, 0.3) is 5.91 Å². The third-order valence-corrected chi connectivity index (χ3v) is 5.87. The normalized spacial score (nSPS) is 14.8. The molecular weight excluding hydrogens is 415 g/mol. The molecule has 1 aliphatic rings. The van der Waals surface area contributed by atoms with Gasteiger partial charge in [0.05, 0.1) is 18.8 Å². The Kier molecular flexibility index (Phi) is 6.50. The molecule has 3 heterocycles. The van der Waals surface area contributed by atoms with E-state index in [-0.39, 0.29) is 23.3 Å². The summed E-state index contributed by atoms with van der Waals surface area (Å²) in [6.07, 6.45) is 1.46. The topological polar surface area (TPSA) is 98.0 Å². The van der Waals surface area contributed by atoms with Crippen molar-refractivity contribution in [3.05, 3.63) is 58.2 Å². The van der Waals surface area contributed by atoms with Crippen LogP contribution < -0.4 is 5.69 Å². The second-order valence-electron chi connectivity index (χ2n) is 7.84. The van der Waals surface area contributed by atoms with Gasteiger partial charge in [0.15, 0.2) is 0 Å². The molecule has 0 bridgehead atoms. The van der Waals surface area contributed by atoms with Crippen LogP contribution in [0, 0.1) is 5.82 Å². The third kappa shape index (κ3) is 4.36. The number of likely N-dealkylation sites (tertiary alicyclic amines) is 1. The Morgan fingerprint density at radius 2 is 1.97 bits per heavy atom. The number of nitrogens with one attached hydrogen (secondary N) is 1. The van der Waals surface area contributed by atoms with Crippen LogP contribution in [0.3, 0.4) is 0 Å². The van der Waals surface area contributed by atoms with Crippen LogP contribution in [0.1, 0.15) is 42.0 Å². The lowest BCUT2D eigenvalue weighted by atomic mass is 9.95. The number of amides is 1. The van der Waals surface area contributed by atoms with E-state index in [0.717, 1.165) is 24.2 Å². The summed E-state index contributed by atoms with van der Waals surface area (Å²) in [5.74, 6) is 0.455. The van der Waals surface area contributed by atoms with Crippen molar-refractivity contribution in [2.45, 2.75) is 38.8 Å². The van der Waals surface area contributed by atoms with Crippen molar-refractivity contribution < 1.29 is 13.9 Å². The molecule has 1 aliphatic heterocycles. The molecule has 0 aliphatic carbocycles. The van der Waals surface area contributed by atoms with E-state index >= 15 is 0 Å². The van der Waals surface area contributed by atoms with Crippen molar-refractivity contribution in [2.75, 3.05) is 26.8 Å². The fourth-order valence-electron chi connectivity index (χ4n) is 4.09. The SMILES string of the molecule is CCn1c(C2CCN(C(=O)c3cc(-c4ccc(F)cc4)n[nH]3)CC2)nn(CCOC)c1=O. The van der Waals surface area contributed by atoms with E-state index in [1.807, 2.05) is 6.92 Å². The Labute approximate surface area is 184 Å². The first kappa shape index (κ1) is 21.9. The molecule has 4 rings (SSSR count). The summed E-state index contributed by atoms with van der Waals surface area (Å²) < 4.78 is 21.4. The lowest BCUT2D eigenvalue weighted by Gasteiger charge is -2.31. The Hall–Kier alpha value is -3.27. The minimum Gasteiger partial charge on any atom is -0.383 e. The van der Waals surface area contributed by atoms with Gasteiger partial charge in [-0.3, -0.25) is 14.5 Å². The highest BCUT2D eigenvalue weighted by molar-refractivity contribution is 5.93. The zero-order valence-electron chi connectivity index (χ0n) is 18.3. The van der Waals surface area contributed by atoms with Gasteiger partial charge in [-0.15, -0.1) is 0 Å². The molecule has 170 valence electrons. The monoisotopic (exact) mass is 442 g/mol. The van der Waals surface area contributed by atoms with Crippen molar-refractivity contribution in [1.82, 2.24) is 29.4 Å². The average Bonchev–Trinajstić information content (AvgIpc) is 3.43. The van der Waals surface area contributed by atoms with Crippen molar-refractivity contribution in [3.8, 4) is 11.3 Å². The van der Waals surface area contributed by atoms with Gasteiger partial charge in [0.2, 0.25) is 0 Å². The van der Waals surface area contributed by atoms with Gasteiger partial charge in [0, 0.05) is 38.2 Å². The minimum atomic E-state index is -0.319. The zero-order chi connectivity index (χ0) is 22.7. The standard InChI is InChI=1S/C22H27FN6O3/c1-3-28-20(26-29(22(28)31)12-13-32-2)16-8-10-27(11-9-16)21(30)19-14-18(24-25-19)15-4-6-17(23)7-5-15/h4-7,14,16H,3,8-13H2,1-2H3,(H,24,25). The van der Waals surface area contributed by atoms with E-state index in [1.54, 1.807) is 34.8 Å². The molecule has 2 aromatic heterocycles. The van der Waals surface area contributed by atoms with Gasteiger partial charge in [-0.2, -0.15) is 10.2 Å². The number of carbonyl (C=O) groups excluding carboxylic acids is 1. The number of piperidine rings is 1. The summed E-state index contributed by atoms with van der Waals surface area (Å²) in [5, 5.41) is 11.6. The van der Waals surface area contributed by atoms with Crippen LogP contribution in [-0.4, -0.2) is 62.2 Å². The second kappa shape index (κ2) is 9.47. The number of carbonyl (C=O) groups is 1. The van der Waals surface area contributed by atoms with Crippen molar-refractivity contribution in [1.29, 1.82) is 0 Å². The van der Waals surface area contributed by atoms with Gasteiger partial charge in [0.1, 0.15) is 17.3 Å². The van der Waals surface area contributed by atoms with Gasteiger partial charge in [-0.05, 0) is 50.1 Å². The Morgan fingerprint density at radius 3 is 2.62 bits per heavy atom. The molecular formula is C22H27FN6O3. The van der Waals surface area contributed by atoms with Crippen LogP contribution in [0.2, 0.25) is 0 Å². The first-order chi connectivity index (χ1) is 15.5. The van der Waals surface area contributed by atoms with Gasteiger partial charge >= 0.3 is 5.69 Å². The number of hydrogen-bond acceptors (Lipinski definition) is 5. The number of aromatic amines is 1. The maximum atomic E-state index is 13.1. The molecule has 32 heavy (non-hydrogen) atoms. The Bertz CT molecular complexity index is 1130. The van der Waals surface area contributed by atoms with Crippen molar-refractivity contribution >= 4 is 5.91 Å². The molecule has 1 saturated heterocycles. The number of rotatable bonds is 7. The zero-order valence-corrected chi connectivity index (χ0v) is 18.3. The number of hydrogen-bond donors (Lipinski definition) is 1. The summed E-state index contributed by atoms with van der Waals surface area (Å²) >= 11 is 0. The van der Waals surface area contributed by atoms with Crippen LogP contribution in [0.5, 0.6) is 0 Å². The highest BCUT2D eigenvalue weighted by atomic mass is 19.1. The first-order valence-electron chi connectivity index (χ1n) is 10.8. The van der Waals surface area contributed by atoms with Crippen LogP contribution in [0.4, 0.5) is 4.39 Å². The van der Waals surface area contributed by atoms with E-state index in [0.29, 0.717) is 44.2 Å². The smallest absolute Gasteiger partial charge is 0.345 e. The minimum absolute atomic E-state index is 0.118. The summed E-state index contributed by atoms with van der Waals surface area (Å²) in [5.41, 5.74) is 1.61. The van der Waals surface area contributed by atoms with Crippen LogP contribution in [-0.2, 0) is 17.8 Å². The third-order valence-electron chi connectivity index (χ3n) is 5.87. The van der Waals surface area contributed by atoms with Gasteiger partial charge in [-0.25, -0.2) is 13.9 Å². The number of methoxy groups -OCH3 is 1. The summed E-state index contributed by atoms with van der Waals surface area (Å²) in [6.45, 7) is 4.47. The number of H-pyrrole nitrogens is 1. The van der Waals surface area contributed by atoms with Crippen LogP contribution in [0.15, 0.2) is 35.1 Å². The largest absolute Gasteiger partial charge is 0.383 e. The maximum absolute atomic E-state index is 13.1. The lowest BCUT2D eigenvalue weighted by molar-refractivity contribution is 0.0704. The van der Waals surface area contributed by atoms with Crippen molar-refractivity contribution in [2.24, 2.45) is 0 Å². The van der Waals surface area contributed by atoms with E-state index in [1.165, 1.54) is 16.8 Å². The maximum Gasteiger partial charge on any atom is 0.345 e. The fourth-order valence-corrected chi connectivity index (χ4v) is 4.09. The first-order valence-corrected chi connectivity index (χ1v) is 10.8. The summed E-state index contributed by atoms with van der Waals surface area (Å²) in [7, 11) is 1.60. The van der Waals surface area contributed by atoms with E-state index in [9.17, 15) is 14.0 Å². The molecule has 1 fully saturated rings. The van der Waals surface area contributed by atoms with Crippen LogP contribution in [0.25, 0.3) is 11.3 Å². The molecule has 1 N–H and O–H groups in total. The number of benzene rings is 1. The fraction of sp³-hybridized carbons (Fsp3) is 0.455. The molecule has 9 nitrogen and oxygen atoms in total. The predicted octanol–water partition coefficient (Wildman–Crippen LogP) is 2.26. The highest BCUT2D eigenvalue weighted by Crippen LogP contribution is 2.27. The molecule has 3 aromatic rings. The molecule has 1 amide bonds. The quantitative estimate of drug-likeness (QED) is 0.605.